The van der Waals surface area contributed by atoms with Crippen LogP contribution in [0.2, 0.25) is 0 Å². The number of carbonyl (C=O) groups excluding carboxylic acids is 1. The van der Waals surface area contributed by atoms with E-state index in [1.54, 1.807) is 17.7 Å². The van der Waals surface area contributed by atoms with Gasteiger partial charge in [-0.3, -0.25) is 9.69 Å². The van der Waals surface area contributed by atoms with Crippen molar-refractivity contribution in [3.8, 4) is 0 Å². The number of anilines is 1. The lowest BCUT2D eigenvalue weighted by molar-refractivity contribution is -0.114. The first-order valence-electron chi connectivity index (χ1n) is 9.18. The number of amides is 1. The summed E-state index contributed by atoms with van der Waals surface area (Å²) >= 11 is 1.55. The Morgan fingerprint density at radius 2 is 2.30 bits per heavy atom. The van der Waals surface area contributed by atoms with E-state index in [0.29, 0.717) is 16.8 Å². The predicted molar refractivity (Wildman–Crippen MR) is 104 cm³/mol. The first-order valence-corrected chi connectivity index (χ1v) is 9.99. The molecule has 4 heterocycles. The number of piperidine rings is 1. The van der Waals surface area contributed by atoms with Crippen LogP contribution in [-0.4, -0.2) is 48.5 Å². The second kappa shape index (κ2) is 7.69. The highest BCUT2D eigenvalue weighted by atomic mass is 32.1. The number of rotatable bonds is 5. The minimum absolute atomic E-state index is 0.0824. The third kappa shape index (κ3) is 4.30. The molecule has 0 aliphatic carbocycles. The van der Waals surface area contributed by atoms with Crippen molar-refractivity contribution in [2.75, 3.05) is 18.4 Å². The average molecular weight is 385 g/mol. The molecule has 1 atom stereocenters. The lowest BCUT2D eigenvalue weighted by Gasteiger charge is -2.32. The van der Waals surface area contributed by atoms with Crippen LogP contribution in [0.25, 0.3) is 5.78 Å². The van der Waals surface area contributed by atoms with Gasteiger partial charge in [-0.1, -0.05) is 0 Å². The maximum absolute atomic E-state index is 11.2. The van der Waals surface area contributed by atoms with Crippen LogP contribution in [0.3, 0.4) is 0 Å². The summed E-state index contributed by atoms with van der Waals surface area (Å²) in [4.78, 5) is 27.7. The van der Waals surface area contributed by atoms with Crippen LogP contribution in [0.15, 0.2) is 18.6 Å². The van der Waals surface area contributed by atoms with Gasteiger partial charge < -0.3 is 5.32 Å². The van der Waals surface area contributed by atoms with Crippen LogP contribution < -0.4 is 5.32 Å². The highest BCUT2D eigenvalue weighted by Crippen LogP contribution is 2.25. The smallest absolute Gasteiger partial charge is 0.252 e. The highest BCUT2D eigenvalue weighted by Gasteiger charge is 2.22. The van der Waals surface area contributed by atoms with Gasteiger partial charge in [0.1, 0.15) is 6.33 Å². The van der Waals surface area contributed by atoms with Crippen LogP contribution in [0.4, 0.5) is 5.13 Å². The Balaban J connectivity index is 1.41. The Labute approximate surface area is 161 Å². The van der Waals surface area contributed by atoms with Gasteiger partial charge in [0.15, 0.2) is 5.13 Å². The second-order valence-electron chi connectivity index (χ2n) is 7.12. The molecule has 3 aromatic rings. The van der Waals surface area contributed by atoms with Crippen molar-refractivity contribution >= 4 is 28.2 Å². The Bertz CT molecular complexity index is 950. The van der Waals surface area contributed by atoms with Gasteiger partial charge in [0, 0.05) is 42.5 Å². The number of hydrogen-bond donors (Lipinski definition) is 1. The van der Waals surface area contributed by atoms with Crippen LogP contribution in [0.1, 0.15) is 36.0 Å². The fourth-order valence-corrected chi connectivity index (χ4v) is 4.62. The van der Waals surface area contributed by atoms with Crippen molar-refractivity contribution in [1.82, 2.24) is 29.5 Å². The Kier molecular flexibility index (Phi) is 5.13. The largest absolute Gasteiger partial charge is 0.302 e. The molecule has 0 radical (unpaired) electrons. The lowest BCUT2D eigenvalue weighted by Crippen LogP contribution is -2.35. The van der Waals surface area contributed by atoms with E-state index in [2.05, 4.69) is 36.3 Å². The van der Waals surface area contributed by atoms with Crippen molar-refractivity contribution in [2.45, 2.75) is 39.7 Å². The van der Waals surface area contributed by atoms with Crippen molar-refractivity contribution in [3.05, 3.63) is 34.9 Å². The topological polar surface area (TPSA) is 88.3 Å². The van der Waals surface area contributed by atoms with Gasteiger partial charge in [-0.25, -0.2) is 14.5 Å². The van der Waals surface area contributed by atoms with Gasteiger partial charge in [0.2, 0.25) is 5.91 Å². The third-order valence-electron chi connectivity index (χ3n) is 4.77. The van der Waals surface area contributed by atoms with Gasteiger partial charge in [0.05, 0.1) is 0 Å². The minimum Gasteiger partial charge on any atom is -0.302 e. The molecule has 0 spiro atoms. The standard InChI is InChI=1S/C18H23N7OS/c1-12-6-15(25-17(22-12)20-11-21-25)7-14-4-3-5-24(9-14)10-16-8-19-18(27-16)23-13(2)26/h6,8,11,14H,3-5,7,9-10H2,1-2H3,(H,19,23,26). The summed E-state index contributed by atoms with van der Waals surface area (Å²) in [6.07, 6.45) is 6.81. The SMILES string of the molecule is CC(=O)Nc1ncc(CN2CCCC(Cc3cc(C)nc4ncnn34)C2)s1. The molecular formula is C18H23N7OS. The van der Waals surface area contributed by atoms with E-state index in [1.165, 1.54) is 30.3 Å². The number of nitrogens with zero attached hydrogens (tertiary/aromatic N) is 6. The summed E-state index contributed by atoms with van der Waals surface area (Å²) < 4.78 is 1.86. The number of hydrogen-bond acceptors (Lipinski definition) is 7. The summed E-state index contributed by atoms with van der Waals surface area (Å²) in [6.45, 7) is 6.52. The highest BCUT2D eigenvalue weighted by molar-refractivity contribution is 7.15. The van der Waals surface area contributed by atoms with E-state index in [4.69, 9.17) is 0 Å². The normalized spacial score (nSPS) is 18.1. The number of aryl methyl sites for hydroxylation is 1. The first-order chi connectivity index (χ1) is 13.1. The Hall–Kier alpha value is -2.39. The third-order valence-corrected chi connectivity index (χ3v) is 5.67. The van der Waals surface area contributed by atoms with E-state index in [1.807, 2.05) is 17.6 Å². The van der Waals surface area contributed by atoms with Crippen LogP contribution in [-0.2, 0) is 17.8 Å². The maximum atomic E-state index is 11.2. The molecule has 3 aromatic heterocycles. The van der Waals surface area contributed by atoms with Crippen molar-refractivity contribution in [1.29, 1.82) is 0 Å². The van der Waals surface area contributed by atoms with Crippen LogP contribution >= 0.6 is 11.3 Å². The van der Waals surface area contributed by atoms with Gasteiger partial charge in [-0.15, -0.1) is 11.3 Å². The fraction of sp³-hybridized carbons (Fsp3) is 0.500. The molecule has 1 aliphatic heterocycles. The number of aromatic nitrogens is 5. The molecule has 142 valence electrons. The maximum Gasteiger partial charge on any atom is 0.252 e. The molecule has 8 nitrogen and oxygen atoms in total. The summed E-state index contributed by atoms with van der Waals surface area (Å²) in [6, 6.07) is 2.11. The predicted octanol–water partition coefficient (Wildman–Crippen LogP) is 2.30. The van der Waals surface area contributed by atoms with Crippen LogP contribution in [0.5, 0.6) is 0 Å². The van der Waals surface area contributed by atoms with E-state index < -0.39 is 0 Å². The summed E-state index contributed by atoms with van der Waals surface area (Å²) in [7, 11) is 0. The molecule has 1 amide bonds. The number of fused-ring (bicyclic) bond motifs is 1. The zero-order valence-corrected chi connectivity index (χ0v) is 16.4. The molecule has 1 unspecified atom stereocenters. The number of thiazole rings is 1. The van der Waals surface area contributed by atoms with E-state index >= 15 is 0 Å². The van der Waals surface area contributed by atoms with E-state index in [-0.39, 0.29) is 5.91 Å². The quantitative estimate of drug-likeness (QED) is 0.725. The van der Waals surface area contributed by atoms with E-state index in [9.17, 15) is 4.79 Å². The number of likely N-dealkylation sites (tertiary alicyclic amines) is 1. The monoisotopic (exact) mass is 385 g/mol. The fourth-order valence-electron chi connectivity index (χ4n) is 3.72. The van der Waals surface area contributed by atoms with Gasteiger partial charge in [-0.05, 0) is 44.7 Å². The Morgan fingerprint density at radius 3 is 3.15 bits per heavy atom. The number of nitrogens with one attached hydrogen (secondary N) is 1. The molecule has 0 aromatic carbocycles. The summed E-state index contributed by atoms with van der Waals surface area (Å²) in [5, 5.41) is 7.75. The second-order valence-corrected chi connectivity index (χ2v) is 8.24. The van der Waals surface area contributed by atoms with Crippen molar-refractivity contribution < 1.29 is 4.79 Å². The average Bonchev–Trinajstić information content (AvgIpc) is 3.24. The zero-order valence-electron chi connectivity index (χ0n) is 15.6. The lowest BCUT2D eigenvalue weighted by atomic mass is 9.93. The summed E-state index contributed by atoms with van der Waals surface area (Å²) in [5.41, 5.74) is 2.15. The molecule has 9 heteroatoms. The van der Waals surface area contributed by atoms with Gasteiger partial charge in [-0.2, -0.15) is 10.1 Å². The molecule has 27 heavy (non-hydrogen) atoms. The summed E-state index contributed by atoms with van der Waals surface area (Å²) in [5.74, 6) is 1.17. The first kappa shape index (κ1) is 18.0. The minimum atomic E-state index is -0.0824. The Morgan fingerprint density at radius 1 is 1.41 bits per heavy atom. The molecular weight excluding hydrogens is 362 g/mol. The van der Waals surface area contributed by atoms with Crippen LogP contribution in [0, 0.1) is 12.8 Å². The van der Waals surface area contributed by atoms with E-state index in [0.717, 1.165) is 31.7 Å². The molecule has 1 N–H and O–H groups in total. The van der Waals surface area contributed by atoms with Gasteiger partial charge >= 0.3 is 0 Å². The molecule has 0 saturated carbocycles. The molecule has 1 fully saturated rings. The molecule has 1 aliphatic rings. The molecule has 4 rings (SSSR count). The zero-order chi connectivity index (χ0) is 18.8. The van der Waals surface area contributed by atoms with Gasteiger partial charge in [0.25, 0.3) is 5.78 Å². The molecule has 0 bridgehead atoms. The number of carbonyl (C=O) groups is 1. The molecule has 1 saturated heterocycles. The van der Waals surface area contributed by atoms with Crippen molar-refractivity contribution in [2.24, 2.45) is 5.92 Å². The van der Waals surface area contributed by atoms with Crippen molar-refractivity contribution in [3.63, 3.8) is 0 Å².